The first kappa shape index (κ1) is 12.7. The van der Waals surface area contributed by atoms with E-state index in [0.717, 1.165) is 12.8 Å². The molecule has 0 aromatic rings. The zero-order valence-corrected chi connectivity index (χ0v) is 8.60. The summed E-state index contributed by atoms with van der Waals surface area (Å²) in [6.45, 7) is 3.05. The Hall–Kier alpha value is -0.320. The zero-order valence-electron chi connectivity index (χ0n) is 7.79. The number of ether oxygens (including phenoxy) is 1. The van der Waals surface area contributed by atoms with Crippen LogP contribution in [0.15, 0.2) is 0 Å². The maximum atomic E-state index is 11.2. The van der Waals surface area contributed by atoms with E-state index in [4.69, 9.17) is 10.5 Å². The van der Waals surface area contributed by atoms with Gasteiger partial charge in [-0.3, -0.25) is 4.79 Å². The van der Waals surface area contributed by atoms with E-state index >= 15 is 0 Å². The largest absolute Gasteiger partial charge is 0.367 e. The molecule has 0 aromatic carbocycles. The maximum absolute atomic E-state index is 11.2. The van der Waals surface area contributed by atoms with Gasteiger partial charge in [0.25, 0.3) is 0 Å². The standard InChI is InChI=1S/C8H16N2O2.ClH/c1-2-10-8(11)7-4-3-6(9)5-12-7;/h6-7H,2-5,9H2,1H3,(H,10,11);1H/t6-,7+;/m1./s1. The fourth-order valence-electron chi connectivity index (χ4n) is 1.27. The smallest absolute Gasteiger partial charge is 0.249 e. The van der Waals surface area contributed by atoms with Gasteiger partial charge in [-0.2, -0.15) is 0 Å². The van der Waals surface area contributed by atoms with Crippen molar-refractivity contribution in [2.75, 3.05) is 13.2 Å². The number of hydrogen-bond acceptors (Lipinski definition) is 3. The van der Waals surface area contributed by atoms with Gasteiger partial charge in [0.15, 0.2) is 0 Å². The summed E-state index contributed by atoms with van der Waals surface area (Å²) in [6.07, 6.45) is 1.35. The normalized spacial score (nSPS) is 27.5. The molecule has 4 nitrogen and oxygen atoms in total. The van der Waals surface area contributed by atoms with Crippen LogP contribution in [0.3, 0.4) is 0 Å². The number of nitrogens with one attached hydrogen (secondary N) is 1. The van der Waals surface area contributed by atoms with Crippen LogP contribution < -0.4 is 11.1 Å². The first-order chi connectivity index (χ1) is 5.74. The second kappa shape index (κ2) is 6.18. The molecule has 0 bridgehead atoms. The molecule has 1 saturated heterocycles. The Morgan fingerprint density at radius 3 is 2.77 bits per heavy atom. The van der Waals surface area contributed by atoms with Crippen molar-refractivity contribution < 1.29 is 9.53 Å². The lowest BCUT2D eigenvalue weighted by atomic mass is 10.1. The molecule has 5 heteroatoms. The van der Waals surface area contributed by atoms with Crippen LogP contribution in [0.1, 0.15) is 19.8 Å². The van der Waals surface area contributed by atoms with Crippen LogP contribution >= 0.6 is 12.4 Å². The van der Waals surface area contributed by atoms with Gasteiger partial charge >= 0.3 is 0 Å². The predicted molar refractivity (Wildman–Crippen MR) is 52.9 cm³/mol. The summed E-state index contributed by atoms with van der Waals surface area (Å²) < 4.78 is 5.27. The predicted octanol–water partition coefficient (Wildman–Crippen LogP) is 0.0506. The van der Waals surface area contributed by atoms with Crippen molar-refractivity contribution >= 4 is 18.3 Å². The maximum Gasteiger partial charge on any atom is 0.249 e. The highest BCUT2D eigenvalue weighted by molar-refractivity contribution is 5.85. The van der Waals surface area contributed by atoms with E-state index in [0.29, 0.717) is 13.2 Å². The molecule has 0 aliphatic carbocycles. The summed E-state index contributed by atoms with van der Waals surface area (Å²) in [5, 5.41) is 2.73. The molecular weight excluding hydrogens is 192 g/mol. The molecule has 0 unspecified atom stereocenters. The minimum atomic E-state index is -0.273. The van der Waals surface area contributed by atoms with Crippen LogP contribution in [0.5, 0.6) is 0 Å². The average molecular weight is 209 g/mol. The van der Waals surface area contributed by atoms with E-state index in [9.17, 15) is 4.79 Å². The van der Waals surface area contributed by atoms with E-state index in [1.54, 1.807) is 0 Å². The molecule has 1 rings (SSSR count). The number of halogens is 1. The summed E-state index contributed by atoms with van der Waals surface area (Å²) in [5.74, 6) is -0.00981. The zero-order chi connectivity index (χ0) is 8.97. The van der Waals surface area contributed by atoms with Gasteiger partial charge in [-0.05, 0) is 19.8 Å². The summed E-state index contributed by atoms with van der Waals surface area (Å²) in [5.41, 5.74) is 5.61. The fraction of sp³-hybridized carbons (Fsp3) is 0.875. The molecule has 0 aromatic heterocycles. The molecule has 1 heterocycles. The summed E-state index contributed by atoms with van der Waals surface area (Å²) in [4.78, 5) is 11.2. The molecule has 3 N–H and O–H groups in total. The quantitative estimate of drug-likeness (QED) is 0.674. The van der Waals surface area contributed by atoms with Gasteiger partial charge in [0.05, 0.1) is 6.61 Å². The Balaban J connectivity index is 0.00000144. The van der Waals surface area contributed by atoms with E-state index < -0.39 is 0 Å². The van der Waals surface area contributed by atoms with Crippen molar-refractivity contribution in [2.24, 2.45) is 5.73 Å². The van der Waals surface area contributed by atoms with Gasteiger partial charge in [-0.1, -0.05) is 0 Å². The minimum Gasteiger partial charge on any atom is -0.367 e. The number of likely N-dealkylation sites (N-methyl/N-ethyl adjacent to an activating group) is 1. The van der Waals surface area contributed by atoms with Crippen LogP contribution in [0, 0.1) is 0 Å². The van der Waals surface area contributed by atoms with E-state index in [-0.39, 0.29) is 30.5 Å². The molecule has 2 atom stereocenters. The third-order valence-electron chi connectivity index (χ3n) is 1.95. The Labute approximate surface area is 84.6 Å². The summed E-state index contributed by atoms with van der Waals surface area (Å²) in [6, 6.07) is 0.107. The molecule has 1 fully saturated rings. The molecule has 1 aliphatic rings. The second-order valence-corrected chi connectivity index (χ2v) is 3.05. The molecule has 13 heavy (non-hydrogen) atoms. The highest BCUT2D eigenvalue weighted by atomic mass is 35.5. The van der Waals surface area contributed by atoms with Gasteiger partial charge in [-0.25, -0.2) is 0 Å². The number of hydrogen-bond donors (Lipinski definition) is 2. The lowest BCUT2D eigenvalue weighted by molar-refractivity contribution is -0.135. The second-order valence-electron chi connectivity index (χ2n) is 3.05. The number of amides is 1. The molecule has 1 amide bonds. The van der Waals surface area contributed by atoms with Gasteiger partial charge in [-0.15, -0.1) is 12.4 Å². The third kappa shape index (κ3) is 3.93. The average Bonchev–Trinajstić information content (AvgIpc) is 2.06. The number of carbonyl (C=O) groups is 1. The van der Waals surface area contributed by atoms with E-state index in [1.165, 1.54) is 0 Å². The van der Waals surface area contributed by atoms with Crippen molar-refractivity contribution in [2.45, 2.75) is 31.9 Å². The Bertz CT molecular complexity index is 158. The van der Waals surface area contributed by atoms with Crippen molar-refractivity contribution in [3.63, 3.8) is 0 Å². The summed E-state index contributed by atoms with van der Waals surface area (Å²) >= 11 is 0. The molecule has 78 valence electrons. The van der Waals surface area contributed by atoms with Crippen LogP contribution in [0.2, 0.25) is 0 Å². The highest BCUT2D eigenvalue weighted by Gasteiger charge is 2.24. The molecular formula is C8H17ClN2O2. The first-order valence-corrected chi connectivity index (χ1v) is 4.39. The van der Waals surface area contributed by atoms with Crippen molar-refractivity contribution in [3.8, 4) is 0 Å². The fourth-order valence-corrected chi connectivity index (χ4v) is 1.27. The van der Waals surface area contributed by atoms with Crippen LogP contribution in [-0.2, 0) is 9.53 Å². The first-order valence-electron chi connectivity index (χ1n) is 4.39. The molecule has 0 radical (unpaired) electrons. The van der Waals surface area contributed by atoms with Gasteiger partial charge in [0, 0.05) is 12.6 Å². The Morgan fingerprint density at radius 2 is 2.31 bits per heavy atom. The Morgan fingerprint density at radius 1 is 1.62 bits per heavy atom. The van der Waals surface area contributed by atoms with Crippen molar-refractivity contribution in [1.29, 1.82) is 0 Å². The van der Waals surface area contributed by atoms with Crippen molar-refractivity contribution in [1.82, 2.24) is 5.32 Å². The van der Waals surface area contributed by atoms with Crippen molar-refractivity contribution in [3.05, 3.63) is 0 Å². The minimum absolute atomic E-state index is 0. The van der Waals surface area contributed by atoms with Gasteiger partial charge < -0.3 is 15.8 Å². The van der Waals surface area contributed by atoms with Gasteiger partial charge in [0.2, 0.25) is 5.91 Å². The van der Waals surface area contributed by atoms with Crippen LogP contribution in [0.25, 0.3) is 0 Å². The molecule has 0 saturated carbocycles. The van der Waals surface area contributed by atoms with Crippen LogP contribution in [0.4, 0.5) is 0 Å². The third-order valence-corrected chi connectivity index (χ3v) is 1.95. The van der Waals surface area contributed by atoms with E-state index in [1.807, 2.05) is 6.92 Å². The Kier molecular flexibility index (Phi) is 6.03. The topological polar surface area (TPSA) is 64.4 Å². The van der Waals surface area contributed by atoms with E-state index in [2.05, 4.69) is 5.32 Å². The number of nitrogens with two attached hydrogens (primary N) is 1. The lowest BCUT2D eigenvalue weighted by Gasteiger charge is -2.25. The summed E-state index contributed by atoms with van der Waals surface area (Å²) in [7, 11) is 0. The highest BCUT2D eigenvalue weighted by Crippen LogP contribution is 2.11. The van der Waals surface area contributed by atoms with Crippen LogP contribution in [-0.4, -0.2) is 31.2 Å². The molecule has 1 aliphatic heterocycles. The number of carbonyl (C=O) groups excluding carboxylic acids is 1. The van der Waals surface area contributed by atoms with Gasteiger partial charge in [0.1, 0.15) is 6.10 Å². The number of rotatable bonds is 2. The molecule has 0 spiro atoms. The monoisotopic (exact) mass is 208 g/mol. The SMILES string of the molecule is CCNC(=O)[C@@H]1CC[C@@H](N)CO1.Cl. The lowest BCUT2D eigenvalue weighted by Crippen LogP contribution is -2.43.